The molecule has 0 saturated heterocycles. The Hall–Kier alpha value is -2.80. The van der Waals surface area contributed by atoms with Crippen molar-refractivity contribution in [1.82, 2.24) is 14.8 Å². The first-order chi connectivity index (χ1) is 13.5. The van der Waals surface area contributed by atoms with Gasteiger partial charge in [0.25, 0.3) is 0 Å². The molecule has 3 rings (SSSR count). The Bertz CT molecular complexity index is 910. The molecular formula is C21H23N3O3S. The van der Waals surface area contributed by atoms with Crippen LogP contribution in [-0.4, -0.2) is 31.1 Å². The number of nitrogens with zero attached hydrogens (tertiary/aromatic N) is 3. The summed E-state index contributed by atoms with van der Waals surface area (Å²) in [6.07, 6.45) is 0.797. The van der Waals surface area contributed by atoms with Crippen molar-refractivity contribution in [3.8, 4) is 5.75 Å². The first-order valence-corrected chi connectivity index (χ1v) is 9.96. The number of ether oxygens (including phenoxy) is 1. The molecule has 1 heterocycles. The second-order valence-electron chi connectivity index (χ2n) is 6.49. The molecule has 6 nitrogen and oxygen atoms in total. The molecule has 0 aliphatic carbocycles. The molecule has 0 aliphatic rings. The minimum atomic E-state index is -0.875. The van der Waals surface area contributed by atoms with Crippen molar-refractivity contribution in [3.05, 3.63) is 71.5 Å². The van der Waals surface area contributed by atoms with Crippen molar-refractivity contribution >= 4 is 17.7 Å². The second kappa shape index (κ2) is 9.41. The van der Waals surface area contributed by atoms with Gasteiger partial charge in [-0.3, -0.25) is 4.79 Å². The minimum Gasteiger partial charge on any atom is -0.486 e. The highest BCUT2D eigenvalue weighted by atomic mass is 32.2. The molecule has 1 aromatic heterocycles. The van der Waals surface area contributed by atoms with E-state index >= 15 is 0 Å². The van der Waals surface area contributed by atoms with Gasteiger partial charge in [0.1, 0.15) is 17.6 Å². The Labute approximate surface area is 168 Å². The maximum atomic E-state index is 11.2. The van der Waals surface area contributed by atoms with Crippen LogP contribution in [0.3, 0.4) is 0 Å². The van der Waals surface area contributed by atoms with Gasteiger partial charge < -0.3 is 14.4 Å². The fourth-order valence-electron chi connectivity index (χ4n) is 2.61. The number of hydrogen-bond acceptors (Lipinski definition) is 5. The van der Waals surface area contributed by atoms with Crippen molar-refractivity contribution in [1.29, 1.82) is 0 Å². The van der Waals surface area contributed by atoms with Gasteiger partial charge in [0.2, 0.25) is 0 Å². The predicted molar refractivity (Wildman–Crippen MR) is 109 cm³/mol. The van der Waals surface area contributed by atoms with Gasteiger partial charge in [0.15, 0.2) is 11.0 Å². The van der Waals surface area contributed by atoms with Crippen molar-refractivity contribution in [2.45, 2.75) is 43.8 Å². The Morgan fingerprint density at radius 3 is 2.54 bits per heavy atom. The smallest absolute Gasteiger partial charge is 0.316 e. The summed E-state index contributed by atoms with van der Waals surface area (Å²) in [4.78, 5) is 11.2. The molecule has 2 aromatic carbocycles. The number of rotatable bonds is 9. The van der Waals surface area contributed by atoms with Crippen LogP contribution in [0.15, 0.2) is 59.8 Å². The summed E-state index contributed by atoms with van der Waals surface area (Å²) in [6.45, 7) is 4.59. The third-order valence-electron chi connectivity index (χ3n) is 4.28. The van der Waals surface area contributed by atoms with Crippen LogP contribution in [0.4, 0.5) is 0 Å². The van der Waals surface area contributed by atoms with Crippen molar-refractivity contribution in [3.63, 3.8) is 0 Å². The van der Waals surface area contributed by atoms with Crippen molar-refractivity contribution < 1.29 is 14.6 Å². The maximum Gasteiger partial charge on any atom is 0.316 e. The van der Waals surface area contributed by atoms with Crippen LogP contribution in [0.1, 0.15) is 23.9 Å². The zero-order chi connectivity index (χ0) is 19.9. The Morgan fingerprint density at radius 2 is 1.86 bits per heavy atom. The number of carboxylic acid groups (broad SMARTS) is 1. The lowest BCUT2D eigenvalue weighted by Gasteiger charge is -2.12. The van der Waals surface area contributed by atoms with Gasteiger partial charge in [-0.1, -0.05) is 59.8 Å². The molecule has 146 valence electrons. The Kier molecular flexibility index (Phi) is 6.71. The number of thioether (sulfide) groups is 1. The first kappa shape index (κ1) is 19.9. The molecule has 28 heavy (non-hydrogen) atoms. The first-order valence-electron chi connectivity index (χ1n) is 9.08. The third kappa shape index (κ3) is 5.36. The maximum absolute atomic E-state index is 11.2. The number of aliphatic carboxylic acids is 1. The lowest BCUT2D eigenvalue weighted by Crippen LogP contribution is -2.15. The second-order valence-corrected chi connectivity index (χ2v) is 7.79. The van der Waals surface area contributed by atoms with E-state index in [1.54, 1.807) is 6.92 Å². The standard InChI is InChI=1S/C21H23N3O3S/c1-15-8-10-18(11-9-15)27-14-19-22-23-21(28-16(2)20(25)26)24(19)13-12-17-6-4-3-5-7-17/h3-11,16H,12-14H2,1-2H3,(H,25,26)/t16-/m1/s1. The number of benzene rings is 2. The average molecular weight is 398 g/mol. The molecule has 0 saturated carbocycles. The molecule has 7 heteroatoms. The lowest BCUT2D eigenvalue weighted by molar-refractivity contribution is -0.136. The number of carbonyl (C=O) groups is 1. The quantitative estimate of drug-likeness (QED) is 0.551. The van der Waals surface area contributed by atoms with E-state index in [0.29, 0.717) is 17.5 Å². The van der Waals surface area contributed by atoms with Gasteiger partial charge in [-0.2, -0.15) is 0 Å². The Morgan fingerprint density at radius 1 is 1.14 bits per heavy atom. The number of carboxylic acids is 1. The molecule has 0 bridgehead atoms. The summed E-state index contributed by atoms with van der Waals surface area (Å²) in [5.74, 6) is 0.563. The highest BCUT2D eigenvalue weighted by Crippen LogP contribution is 2.24. The van der Waals surface area contributed by atoms with Gasteiger partial charge in [-0.25, -0.2) is 0 Å². The lowest BCUT2D eigenvalue weighted by atomic mass is 10.1. The molecule has 1 N–H and O–H groups in total. The number of aromatic nitrogens is 3. The van der Waals surface area contributed by atoms with Crippen LogP contribution in [0.25, 0.3) is 0 Å². The third-order valence-corrected chi connectivity index (χ3v) is 5.35. The topological polar surface area (TPSA) is 77.2 Å². The highest BCUT2D eigenvalue weighted by molar-refractivity contribution is 8.00. The SMILES string of the molecule is Cc1ccc(OCc2nnc(S[C@H](C)C(=O)O)n2CCc2ccccc2)cc1. The molecule has 0 radical (unpaired) electrons. The summed E-state index contributed by atoms with van der Waals surface area (Å²) >= 11 is 1.19. The average Bonchev–Trinajstić information content (AvgIpc) is 3.08. The fourth-order valence-corrected chi connectivity index (χ4v) is 3.44. The molecule has 0 fully saturated rings. The van der Waals surface area contributed by atoms with Gasteiger partial charge in [-0.05, 0) is 38.0 Å². The number of aryl methyl sites for hydroxylation is 2. The monoisotopic (exact) mass is 397 g/mol. The van der Waals surface area contributed by atoms with Gasteiger partial charge in [-0.15, -0.1) is 10.2 Å². The molecule has 0 unspecified atom stereocenters. The minimum absolute atomic E-state index is 0.271. The van der Waals surface area contributed by atoms with E-state index in [1.807, 2.05) is 54.0 Å². The summed E-state index contributed by atoms with van der Waals surface area (Å²) in [7, 11) is 0. The zero-order valence-electron chi connectivity index (χ0n) is 15.9. The van der Waals surface area contributed by atoms with E-state index in [-0.39, 0.29) is 6.61 Å². The van der Waals surface area contributed by atoms with Crippen LogP contribution in [-0.2, 0) is 24.4 Å². The van der Waals surface area contributed by atoms with E-state index in [2.05, 4.69) is 22.3 Å². The largest absolute Gasteiger partial charge is 0.486 e. The zero-order valence-corrected chi connectivity index (χ0v) is 16.7. The molecule has 1 atom stereocenters. The molecule has 3 aromatic rings. The molecule has 0 amide bonds. The van der Waals surface area contributed by atoms with E-state index < -0.39 is 11.2 Å². The molecular weight excluding hydrogens is 374 g/mol. The van der Waals surface area contributed by atoms with E-state index in [9.17, 15) is 9.90 Å². The Balaban J connectivity index is 1.76. The van der Waals surface area contributed by atoms with Crippen LogP contribution in [0.5, 0.6) is 5.75 Å². The van der Waals surface area contributed by atoms with Crippen LogP contribution >= 0.6 is 11.8 Å². The molecule has 0 aliphatic heterocycles. The summed E-state index contributed by atoms with van der Waals surface area (Å²) in [5, 5.41) is 17.7. The molecule has 0 spiro atoms. The number of hydrogen-bond donors (Lipinski definition) is 1. The van der Waals surface area contributed by atoms with Crippen molar-refractivity contribution in [2.75, 3.05) is 0 Å². The van der Waals surface area contributed by atoms with Crippen molar-refractivity contribution in [2.24, 2.45) is 0 Å². The summed E-state index contributed by atoms with van der Waals surface area (Å²) < 4.78 is 7.81. The van der Waals surface area contributed by atoms with E-state index in [4.69, 9.17) is 4.74 Å². The summed E-state index contributed by atoms with van der Waals surface area (Å²) in [6, 6.07) is 18.0. The highest BCUT2D eigenvalue weighted by Gasteiger charge is 2.19. The van der Waals surface area contributed by atoms with Crippen LogP contribution < -0.4 is 4.74 Å². The van der Waals surface area contributed by atoms with Gasteiger partial charge in [0.05, 0.1) is 0 Å². The van der Waals surface area contributed by atoms with E-state index in [1.165, 1.54) is 22.9 Å². The predicted octanol–water partition coefficient (Wildman–Crippen LogP) is 3.97. The van der Waals surface area contributed by atoms with Crippen LogP contribution in [0, 0.1) is 6.92 Å². The normalized spacial score (nSPS) is 11.9. The van der Waals surface area contributed by atoms with Gasteiger partial charge in [0, 0.05) is 6.54 Å². The fraction of sp³-hybridized carbons (Fsp3) is 0.286. The van der Waals surface area contributed by atoms with E-state index in [0.717, 1.165) is 12.2 Å². The summed E-state index contributed by atoms with van der Waals surface area (Å²) in [5.41, 5.74) is 2.36. The van der Waals surface area contributed by atoms with Crippen LogP contribution in [0.2, 0.25) is 0 Å². The van der Waals surface area contributed by atoms with Gasteiger partial charge >= 0.3 is 5.97 Å².